The van der Waals surface area contributed by atoms with Crippen molar-refractivity contribution in [3.05, 3.63) is 119 Å². The maximum absolute atomic E-state index is 5.55. The molecule has 2 fully saturated rings. The lowest BCUT2D eigenvalue weighted by molar-refractivity contribution is 0.252. The number of terminal acetylenes is 1. The van der Waals surface area contributed by atoms with Gasteiger partial charge in [0.2, 0.25) is 0 Å². The molecule has 1 unspecified atom stereocenters. The van der Waals surface area contributed by atoms with Crippen LogP contribution in [0.1, 0.15) is 104 Å². The normalized spacial score (nSPS) is 24.0. The molecule has 202 valence electrons. The zero-order chi connectivity index (χ0) is 27.0. The van der Waals surface area contributed by atoms with Crippen LogP contribution in [0.15, 0.2) is 91.0 Å². The van der Waals surface area contributed by atoms with E-state index in [0.29, 0.717) is 11.8 Å². The van der Waals surface area contributed by atoms with Gasteiger partial charge in [-0.15, -0.1) is 6.42 Å². The molecule has 2 aliphatic rings. The molecule has 0 aromatic heterocycles. The Morgan fingerprint density at radius 1 is 0.795 bits per heavy atom. The van der Waals surface area contributed by atoms with Crippen molar-refractivity contribution in [1.29, 1.82) is 0 Å². The summed E-state index contributed by atoms with van der Waals surface area (Å²) in [6.07, 6.45) is 19.5. The minimum absolute atomic E-state index is 0.463. The monoisotopic (exact) mass is 514 g/mol. The first-order chi connectivity index (χ1) is 19.1. The molecular weight excluding hydrogens is 468 g/mol. The third kappa shape index (κ3) is 7.33. The molecule has 0 saturated heterocycles. The Labute approximate surface area is 238 Å². The third-order valence-corrected chi connectivity index (χ3v) is 9.81. The summed E-state index contributed by atoms with van der Waals surface area (Å²) in [5, 5.41) is 0. The van der Waals surface area contributed by atoms with Crippen LogP contribution in [0.5, 0.6) is 0 Å². The van der Waals surface area contributed by atoms with Gasteiger partial charge in [0.05, 0.1) is 0 Å². The number of benzene rings is 3. The van der Waals surface area contributed by atoms with E-state index in [1.807, 2.05) is 0 Å². The van der Waals surface area contributed by atoms with E-state index in [9.17, 15) is 0 Å². The number of rotatable bonds is 9. The second-order valence-electron chi connectivity index (χ2n) is 12.6. The molecule has 3 aromatic carbocycles. The van der Waals surface area contributed by atoms with Crippen LogP contribution in [0.2, 0.25) is 0 Å². The fourth-order valence-corrected chi connectivity index (χ4v) is 7.31. The largest absolute Gasteiger partial charge is 0.115 e. The Kier molecular flexibility index (Phi) is 9.42. The highest BCUT2D eigenvalue weighted by atomic mass is 14.4. The maximum atomic E-state index is 5.55. The summed E-state index contributed by atoms with van der Waals surface area (Å²) in [5.41, 5.74) is 8.29. The third-order valence-electron chi connectivity index (χ3n) is 9.81. The molecule has 0 nitrogen and oxygen atoms in total. The van der Waals surface area contributed by atoms with Crippen molar-refractivity contribution in [1.82, 2.24) is 0 Å². The van der Waals surface area contributed by atoms with Gasteiger partial charge in [-0.1, -0.05) is 105 Å². The Bertz CT molecular complexity index is 1210. The average Bonchev–Trinajstić information content (AvgIpc) is 2.99. The SMILES string of the molecule is C#Cc1ccc(CC2CCC(C(C(=C)CCc3ccccc3)c3ccc(C4CCC(C)CC4)cc3)CC2)cc1. The Balaban J connectivity index is 1.27. The highest BCUT2D eigenvalue weighted by Crippen LogP contribution is 2.44. The highest BCUT2D eigenvalue weighted by molar-refractivity contribution is 5.35. The number of hydrogen-bond donors (Lipinski definition) is 0. The molecule has 0 amide bonds. The fourth-order valence-electron chi connectivity index (χ4n) is 7.31. The van der Waals surface area contributed by atoms with Crippen LogP contribution in [0.3, 0.4) is 0 Å². The van der Waals surface area contributed by atoms with Gasteiger partial charge in [-0.3, -0.25) is 0 Å². The van der Waals surface area contributed by atoms with Crippen LogP contribution in [-0.2, 0) is 12.8 Å². The molecule has 5 rings (SSSR count). The van der Waals surface area contributed by atoms with Crippen molar-refractivity contribution in [2.45, 2.75) is 89.4 Å². The summed E-state index contributed by atoms with van der Waals surface area (Å²) in [6.45, 7) is 7.14. The molecule has 0 heteroatoms. The molecule has 2 aliphatic carbocycles. The van der Waals surface area contributed by atoms with Crippen molar-refractivity contribution in [2.24, 2.45) is 17.8 Å². The average molecular weight is 515 g/mol. The van der Waals surface area contributed by atoms with Crippen LogP contribution in [0.4, 0.5) is 0 Å². The smallest absolute Gasteiger partial charge is 0.0242 e. The van der Waals surface area contributed by atoms with Gasteiger partial charge in [0.25, 0.3) is 0 Å². The van der Waals surface area contributed by atoms with Crippen LogP contribution < -0.4 is 0 Å². The second kappa shape index (κ2) is 13.3. The first kappa shape index (κ1) is 27.5. The van der Waals surface area contributed by atoms with E-state index in [1.54, 1.807) is 5.56 Å². The molecule has 1 atom stereocenters. The second-order valence-corrected chi connectivity index (χ2v) is 12.6. The lowest BCUT2D eigenvalue weighted by atomic mass is 9.69. The summed E-state index contributed by atoms with van der Waals surface area (Å²) in [7, 11) is 0. The van der Waals surface area contributed by atoms with E-state index in [4.69, 9.17) is 13.0 Å². The maximum Gasteiger partial charge on any atom is 0.0242 e. The molecule has 2 saturated carbocycles. The fraction of sp³-hybridized carbons (Fsp3) is 0.436. The van der Waals surface area contributed by atoms with E-state index < -0.39 is 0 Å². The van der Waals surface area contributed by atoms with Crippen molar-refractivity contribution in [2.75, 3.05) is 0 Å². The summed E-state index contributed by atoms with van der Waals surface area (Å²) in [6, 6.07) is 29.4. The Hall–Kier alpha value is -3.04. The predicted octanol–water partition coefficient (Wildman–Crippen LogP) is 10.3. The molecule has 0 aliphatic heterocycles. The van der Waals surface area contributed by atoms with Gasteiger partial charge in [-0.2, -0.15) is 0 Å². The summed E-state index contributed by atoms with van der Waals surface area (Å²) in [5.74, 6) is 6.31. The zero-order valence-electron chi connectivity index (χ0n) is 24.0. The molecule has 0 N–H and O–H groups in total. The van der Waals surface area contributed by atoms with Crippen LogP contribution >= 0.6 is 0 Å². The van der Waals surface area contributed by atoms with Crippen molar-refractivity contribution in [3.8, 4) is 12.3 Å². The van der Waals surface area contributed by atoms with E-state index in [-0.39, 0.29) is 0 Å². The van der Waals surface area contributed by atoms with Gasteiger partial charge in [-0.25, -0.2) is 0 Å². The summed E-state index contributed by atoms with van der Waals surface area (Å²) >= 11 is 0. The minimum atomic E-state index is 0.463. The lowest BCUT2D eigenvalue weighted by Crippen LogP contribution is -2.23. The van der Waals surface area contributed by atoms with Gasteiger partial charge in [0.15, 0.2) is 0 Å². The van der Waals surface area contributed by atoms with Gasteiger partial charge < -0.3 is 0 Å². The first-order valence-corrected chi connectivity index (χ1v) is 15.5. The number of hydrogen-bond acceptors (Lipinski definition) is 0. The first-order valence-electron chi connectivity index (χ1n) is 15.5. The van der Waals surface area contributed by atoms with Crippen molar-refractivity contribution in [3.63, 3.8) is 0 Å². The number of aryl methyl sites for hydroxylation is 1. The minimum Gasteiger partial charge on any atom is -0.115 e. The highest BCUT2D eigenvalue weighted by Gasteiger charge is 2.30. The van der Waals surface area contributed by atoms with Gasteiger partial charge in [0.1, 0.15) is 0 Å². The lowest BCUT2D eigenvalue weighted by Gasteiger charge is -2.36. The number of allylic oxidation sites excluding steroid dienone is 1. The van der Waals surface area contributed by atoms with Crippen molar-refractivity contribution >= 4 is 0 Å². The topological polar surface area (TPSA) is 0 Å². The van der Waals surface area contributed by atoms with Crippen molar-refractivity contribution < 1.29 is 0 Å². The summed E-state index contributed by atoms with van der Waals surface area (Å²) < 4.78 is 0. The Morgan fingerprint density at radius 2 is 1.46 bits per heavy atom. The summed E-state index contributed by atoms with van der Waals surface area (Å²) in [4.78, 5) is 0. The molecule has 0 spiro atoms. The Morgan fingerprint density at radius 3 is 2.10 bits per heavy atom. The quantitative estimate of drug-likeness (QED) is 0.197. The standard InChI is InChI=1S/C39H46/c1-4-31-14-16-33(17-15-31)28-34-18-22-37(23-19-34)39(30(3)12-13-32-8-6-5-7-9-32)38-26-24-36(25-27-38)35-20-10-29(2)11-21-35/h1,5-9,14-17,24-27,29,34-35,37,39H,3,10-13,18-23,28H2,2H3. The van der Waals surface area contributed by atoms with E-state index in [2.05, 4.69) is 91.7 Å². The van der Waals surface area contributed by atoms with Crippen LogP contribution in [0.25, 0.3) is 0 Å². The van der Waals surface area contributed by atoms with E-state index in [0.717, 1.165) is 36.2 Å². The van der Waals surface area contributed by atoms with Crippen LogP contribution in [-0.4, -0.2) is 0 Å². The molecule has 0 radical (unpaired) electrons. The zero-order valence-corrected chi connectivity index (χ0v) is 24.0. The predicted molar refractivity (Wildman–Crippen MR) is 167 cm³/mol. The van der Waals surface area contributed by atoms with Gasteiger partial charge in [0, 0.05) is 11.5 Å². The molecular formula is C39H46. The molecule has 0 heterocycles. The van der Waals surface area contributed by atoms with E-state index in [1.165, 1.54) is 80.1 Å². The molecule has 39 heavy (non-hydrogen) atoms. The van der Waals surface area contributed by atoms with Crippen LogP contribution in [0, 0.1) is 30.1 Å². The van der Waals surface area contributed by atoms with E-state index >= 15 is 0 Å². The molecule has 3 aromatic rings. The van der Waals surface area contributed by atoms with Gasteiger partial charge in [-0.05, 0) is 116 Å². The molecule has 0 bridgehead atoms. The van der Waals surface area contributed by atoms with Gasteiger partial charge >= 0.3 is 0 Å².